The molecule has 0 unspecified atom stereocenters. The molecule has 0 saturated heterocycles. The zero-order valence-corrected chi connectivity index (χ0v) is 10.0. The van der Waals surface area contributed by atoms with E-state index in [1.807, 2.05) is 7.11 Å². The van der Waals surface area contributed by atoms with Gasteiger partial charge in [-0.05, 0) is 25.7 Å². The molecule has 0 atom stereocenters. The van der Waals surface area contributed by atoms with E-state index in [2.05, 4.69) is 5.32 Å². The zero-order chi connectivity index (χ0) is 10.5. The molecule has 15 heavy (non-hydrogen) atoms. The van der Waals surface area contributed by atoms with E-state index < -0.39 is 0 Å². The molecule has 2 nitrogen and oxygen atoms in total. The Balaban J connectivity index is 1.64. The predicted molar refractivity (Wildman–Crippen MR) is 63.1 cm³/mol. The molecular weight excluding hydrogens is 186 g/mol. The van der Waals surface area contributed by atoms with Gasteiger partial charge in [-0.2, -0.15) is 0 Å². The Morgan fingerprint density at radius 1 is 0.867 bits per heavy atom. The topological polar surface area (TPSA) is 21.3 Å². The Hall–Kier alpha value is -0.0800. The highest BCUT2D eigenvalue weighted by molar-refractivity contribution is 4.88. The van der Waals surface area contributed by atoms with Crippen LogP contribution in [-0.2, 0) is 4.74 Å². The number of methoxy groups -OCH3 is 1. The molecular formula is C13H25NO. The normalized spacial score (nSPS) is 34.2. The molecule has 0 aromatic rings. The van der Waals surface area contributed by atoms with Crippen LogP contribution in [0.25, 0.3) is 0 Å². The Morgan fingerprint density at radius 2 is 1.47 bits per heavy atom. The number of rotatable bonds is 3. The van der Waals surface area contributed by atoms with Crippen LogP contribution in [0.4, 0.5) is 0 Å². The van der Waals surface area contributed by atoms with Gasteiger partial charge in [-0.1, -0.05) is 32.1 Å². The van der Waals surface area contributed by atoms with Crippen LogP contribution in [0.2, 0.25) is 0 Å². The van der Waals surface area contributed by atoms with E-state index in [1.165, 1.54) is 57.8 Å². The Morgan fingerprint density at radius 3 is 2.07 bits per heavy atom. The molecule has 2 rings (SSSR count). The molecule has 2 aliphatic carbocycles. The van der Waals surface area contributed by atoms with Crippen LogP contribution >= 0.6 is 0 Å². The summed E-state index contributed by atoms with van der Waals surface area (Å²) >= 11 is 0. The first-order valence-corrected chi connectivity index (χ1v) is 6.67. The van der Waals surface area contributed by atoms with Gasteiger partial charge in [0, 0.05) is 19.2 Å². The van der Waals surface area contributed by atoms with Crippen molar-refractivity contribution in [2.24, 2.45) is 0 Å². The van der Waals surface area contributed by atoms with Crippen LogP contribution in [0.15, 0.2) is 0 Å². The summed E-state index contributed by atoms with van der Waals surface area (Å²) in [5.41, 5.74) is 0. The first-order valence-electron chi connectivity index (χ1n) is 6.67. The highest BCUT2D eigenvalue weighted by atomic mass is 16.5. The summed E-state index contributed by atoms with van der Waals surface area (Å²) in [6.45, 7) is 0. The molecule has 0 radical (unpaired) electrons. The standard InChI is InChI=1S/C13H25NO/c1-15-13-9-12(10-13)14-11-7-5-3-2-4-6-8-11/h11-14H,2-10H2,1H3. The van der Waals surface area contributed by atoms with Crippen molar-refractivity contribution in [3.05, 3.63) is 0 Å². The first kappa shape index (κ1) is 11.4. The fourth-order valence-corrected chi connectivity index (χ4v) is 2.85. The number of hydrogen-bond donors (Lipinski definition) is 1. The summed E-state index contributed by atoms with van der Waals surface area (Å²) < 4.78 is 5.31. The smallest absolute Gasteiger partial charge is 0.0601 e. The molecule has 2 heteroatoms. The second-order valence-corrected chi connectivity index (χ2v) is 5.23. The summed E-state index contributed by atoms with van der Waals surface area (Å²) in [6.07, 6.45) is 13.0. The van der Waals surface area contributed by atoms with Crippen molar-refractivity contribution in [1.82, 2.24) is 5.32 Å². The van der Waals surface area contributed by atoms with Crippen molar-refractivity contribution in [3.63, 3.8) is 0 Å². The average Bonchev–Trinajstić information content (AvgIpc) is 2.13. The van der Waals surface area contributed by atoms with Crippen LogP contribution in [0, 0.1) is 0 Å². The van der Waals surface area contributed by atoms with E-state index >= 15 is 0 Å². The van der Waals surface area contributed by atoms with Crippen LogP contribution < -0.4 is 5.32 Å². The molecule has 2 aliphatic rings. The van der Waals surface area contributed by atoms with E-state index in [-0.39, 0.29) is 0 Å². The zero-order valence-electron chi connectivity index (χ0n) is 10.0. The fourth-order valence-electron chi connectivity index (χ4n) is 2.85. The summed E-state index contributed by atoms with van der Waals surface area (Å²) in [7, 11) is 1.83. The quantitative estimate of drug-likeness (QED) is 0.775. The molecule has 1 N–H and O–H groups in total. The van der Waals surface area contributed by atoms with Crippen molar-refractivity contribution in [1.29, 1.82) is 0 Å². The van der Waals surface area contributed by atoms with Gasteiger partial charge in [0.05, 0.1) is 6.10 Å². The molecule has 0 spiro atoms. The minimum Gasteiger partial charge on any atom is -0.381 e. The highest BCUT2D eigenvalue weighted by Gasteiger charge is 2.30. The van der Waals surface area contributed by atoms with Gasteiger partial charge in [-0.15, -0.1) is 0 Å². The van der Waals surface area contributed by atoms with Crippen molar-refractivity contribution in [2.75, 3.05) is 7.11 Å². The maximum atomic E-state index is 5.31. The molecule has 0 aromatic heterocycles. The Bertz CT molecular complexity index is 169. The maximum Gasteiger partial charge on any atom is 0.0601 e. The lowest BCUT2D eigenvalue weighted by atomic mass is 9.87. The van der Waals surface area contributed by atoms with Gasteiger partial charge in [0.25, 0.3) is 0 Å². The van der Waals surface area contributed by atoms with Crippen molar-refractivity contribution >= 4 is 0 Å². The molecule has 0 bridgehead atoms. The van der Waals surface area contributed by atoms with Gasteiger partial charge in [0.2, 0.25) is 0 Å². The van der Waals surface area contributed by atoms with Crippen LogP contribution in [0.5, 0.6) is 0 Å². The predicted octanol–water partition coefficient (Wildman–Crippen LogP) is 2.87. The monoisotopic (exact) mass is 211 g/mol. The third-order valence-corrected chi connectivity index (χ3v) is 4.00. The first-order chi connectivity index (χ1) is 7.38. The lowest BCUT2D eigenvalue weighted by molar-refractivity contribution is 0.0133. The van der Waals surface area contributed by atoms with Gasteiger partial charge in [-0.25, -0.2) is 0 Å². The van der Waals surface area contributed by atoms with Crippen molar-refractivity contribution in [2.45, 2.75) is 76.0 Å². The van der Waals surface area contributed by atoms with E-state index in [9.17, 15) is 0 Å². The lowest BCUT2D eigenvalue weighted by Gasteiger charge is -2.38. The Kier molecular flexibility index (Phi) is 4.45. The molecule has 0 aliphatic heterocycles. The van der Waals surface area contributed by atoms with Gasteiger partial charge in [-0.3, -0.25) is 0 Å². The second-order valence-electron chi connectivity index (χ2n) is 5.23. The van der Waals surface area contributed by atoms with Crippen LogP contribution in [-0.4, -0.2) is 25.3 Å². The number of ether oxygens (including phenoxy) is 1. The summed E-state index contributed by atoms with van der Waals surface area (Å²) in [4.78, 5) is 0. The summed E-state index contributed by atoms with van der Waals surface area (Å²) in [5, 5.41) is 3.81. The second kappa shape index (κ2) is 5.86. The summed E-state index contributed by atoms with van der Waals surface area (Å²) in [6, 6.07) is 1.55. The molecule has 2 saturated carbocycles. The number of hydrogen-bond acceptors (Lipinski definition) is 2. The van der Waals surface area contributed by atoms with Crippen LogP contribution in [0.1, 0.15) is 57.8 Å². The lowest BCUT2D eigenvalue weighted by Crippen LogP contribution is -2.49. The van der Waals surface area contributed by atoms with E-state index in [4.69, 9.17) is 4.74 Å². The van der Waals surface area contributed by atoms with Crippen molar-refractivity contribution < 1.29 is 4.74 Å². The average molecular weight is 211 g/mol. The minimum absolute atomic E-state index is 0.538. The van der Waals surface area contributed by atoms with Crippen LogP contribution in [0.3, 0.4) is 0 Å². The molecule has 0 amide bonds. The van der Waals surface area contributed by atoms with Gasteiger partial charge < -0.3 is 10.1 Å². The highest BCUT2D eigenvalue weighted by Crippen LogP contribution is 2.25. The third-order valence-electron chi connectivity index (χ3n) is 4.00. The van der Waals surface area contributed by atoms with Gasteiger partial charge >= 0.3 is 0 Å². The van der Waals surface area contributed by atoms with E-state index in [0.717, 1.165) is 12.1 Å². The maximum absolute atomic E-state index is 5.31. The summed E-state index contributed by atoms with van der Waals surface area (Å²) in [5.74, 6) is 0. The largest absolute Gasteiger partial charge is 0.381 e. The molecule has 88 valence electrons. The van der Waals surface area contributed by atoms with Crippen molar-refractivity contribution in [3.8, 4) is 0 Å². The minimum atomic E-state index is 0.538. The van der Waals surface area contributed by atoms with E-state index in [0.29, 0.717) is 6.10 Å². The number of nitrogens with one attached hydrogen (secondary N) is 1. The third kappa shape index (κ3) is 3.46. The SMILES string of the molecule is COC1CC(NC2CCCCCCC2)C1. The molecule has 2 fully saturated rings. The van der Waals surface area contributed by atoms with Gasteiger partial charge in [0.15, 0.2) is 0 Å². The fraction of sp³-hybridized carbons (Fsp3) is 1.00. The van der Waals surface area contributed by atoms with Gasteiger partial charge in [0.1, 0.15) is 0 Å². The van der Waals surface area contributed by atoms with E-state index in [1.54, 1.807) is 0 Å². The molecule has 0 heterocycles. The molecule has 0 aromatic carbocycles. The Labute approximate surface area is 93.8 Å².